The summed E-state index contributed by atoms with van der Waals surface area (Å²) in [5, 5.41) is 30.9. The lowest BCUT2D eigenvalue weighted by Crippen LogP contribution is -2.63. The van der Waals surface area contributed by atoms with Gasteiger partial charge in [-0.2, -0.15) is 13.2 Å². The minimum atomic E-state index is -4.54. The lowest BCUT2D eigenvalue weighted by atomic mass is 9.46. The van der Waals surface area contributed by atoms with Crippen LogP contribution in [0.25, 0.3) is 0 Å². The molecule has 380 valence electrons. The average molecular weight is 1110 g/mol. The zero-order valence-corrected chi connectivity index (χ0v) is 42.1. The topological polar surface area (TPSA) is 219 Å². The Labute approximate surface area is 418 Å². The van der Waals surface area contributed by atoms with Crippen molar-refractivity contribution in [1.82, 2.24) is 16.0 Å². The van der Waals surface area contributed by atoms with E-state index >= 15 is 4.39 Å². The molecule has 1 heterocycles. The van der Waals surface area contributed by atoms with Crippen LogP contribution >= 0.6 is 30.1 Å². The first kappa shape index (κ1) is 53.4. The summed E-state index contributed by atoms with van der Waals surface area (Å²) in [6, 6.07) is 7.41. The second-order valence-corrected chi connectivity index (χ2v) is 21.7. The Bertz CT molecular complexity index is 2480. The van der Waals surface area contributed by atoms with Gasteiger partial charge >= 0.3 is 6.18 Å². The maximum atomic E-state index is 16.7. The number of aryl methyl sites for hydroxylation is 1. The molecule has 21 heteroatoms. The van der Waals surface area contributed by atoms with Gasteiger partial charge < -0.3 is 45.7 Å². The normalized spacial score (nSPS) is 30.1. The van der Waals surface area contributed by atoms with E-state index in [1.165, 1.54) is 19.9 Å². The quantitative estimate of drug-likeness (QED) is 0.0774. The summed E-state index contributed by atoms with van der Waals surface area (Å²) in [5.41, 5.74) is -0.911. The van der Waals surface area contributed by atoms with Crippen molar-refractivity contribution in [3.63, 3.8) is 0 Å². The van der Waals surface area contributed by atoms with Crippen LogP contribution in [0.1, 0.15) is 89.2 Å². The number of amides is 4. The van der Waals surface area contributed by atoms with E-state index in [1.54, 1.807) is 70.6 Å². The highest BCUT2D eigenvalue weighted by molar-refractivity contribution is 14.2. The van der Waals surface area contributed by atoms with Crippen molar-refractivity contribution >= 4 is 71.0 Å². The molecular weight excluding hydrogens is 1060 g/mol. The first-order valence-electron chi connectivity index (χ1n) is 23.1. The van der Waals surface area contributed by atoms with Gasteiger partial charge in [0.25, 0.3) is 0 Å². The second-order valence-electron chi connectivity index (χ2n) is 19.4. The van der Waals surface area contributed by atoms with Gasteiger partial charge in [-0.05, 0) is 121 Å². The largest absolute Gasteiger partial charge is 0.486 e. The number of allylic oxidation sites excluding steroid dienone is 4. The molecule has 2 aromatic rings. The Kier molecular flexibility index (Phi) is 16.0. The molecule has 7 rings (SSSR count). The van der Waals surface area contributed by atoms with E-state index < -0.39 is 107 Å². The van der Waals surface area contributed by atoms with Crippen molar-refractivity contribution in [2.75, 3.05) is 18.5 Å². The van der Waals surface area contributed by atoms with Crippen LogP contribution in [0.15, 0.2) is 60.2 Å². The van der Waals surface area contributed by atoms with Crippen LogP contribution < -0.4 is 26.0 Å². The lowest BCUT2D eigenvalue weighted by molar-refractivity contribution is -0.201. The summed E-state index contributed by atoms with van der Waals surface area (Å²) in [6.45, 7) is 7.16. The minimum Gasteiger partial charge on any atom is -0.486 e. The number of alkyl halides is 3. The van der Waals surface area contributed by atoms with Crippen LogP contribution in [0.5, 0.6) is 5.75 Å². The van der Waals surface area contributed by atoms with Gasteiger partial charge in [0.1, 0.15) is 30.5 Å². The Morgan fingerprint density at radius 2 is 1.77 bits per heavy atom. The van der Waals surface area contributed by atoms with Crippen molar-refractivity contribution in [3.8, 4) is 5.75 Å². The minimum absolute atomic E-state index is 0.0187. The molecule has 70 heavy (non-hydrogen) atoms. The summed E-state index contributed by atoms with van der Waals surface area (Å²) in [4.78, 5) is 76.8. The van der Waals surface area contributed by atoms with Gasteiger partial charge in [0.2, 0.25) is 23.6 Å². The summed E-state index contributed by atoms with van der Waals surface area (Å²) >= 11 is 1.60. The maximum Gasteiger partial charge on any atom is 0.390 e. The lowest BCUT2D eigenvalue weighted by Gasteiger charge is -2.59. The highest BCUT2D eigenvalue weighted by Crippen LogP contribution is 2.70. The SMILES string of the molecule is Cc1ccc(OCc2cccc(NC(=O)C(C)NC(=O)C(C)NC(=O)CCNC(=O)C(CC(F)(F)F)SI)c2)c(F)c1C1O[C@@H]2C[C@H]3[C@@H]4CCC5=CC(=O)C=C[C@]5(C)[C@H]4[C@@H](O)C[C@]3(C)[C@]2(C(=O)CO)O1. The number of halogens is 5. The molecule has 15 nitrogen and oxygen atoms in total. The predicted molar refractivity (Wildman–Crippen MR) is 256 cm³/mol. The third-order valence-electron chi connectivity index (χ3n) is 15.0. The van der Waals surface area contributed by atoms with Crippen LogP contribution in [0.4, 0.5) is 23.2 Å². The molecule has 5 aliphatic rings. The smallest absolute Gasteiger partial charge is 0.390 e. The zero-order valence-electron chi connectivity index (χ0n) is 39.1. The number of ether oxygens (including phenoxy) is 3. The number of hydrogen-bond donors (Lipinski definition) is 6. The van der Waals surface area contributed by atoms with Gasteiger partial charge in [0.15, 0.2) is 35.0 Å². The average Bonchev–Trinajstić information content (AvgIpc) is 3.79. The molecule has 4 fully saturated rings. The van der Waals surface area contributed by atoms with E-state index in [4.69, 9.17) is 14.2 Å². The Morgan fingerprint density at radius 1 is 1.04 bits per heavy atom. The Morgan fingerprint density at radius 3 is 2.47 bits per heavy atom. The number of nitrogens with one attached hydrogen (secondary N) is 4. The van der Waals surface area contributed by atoms with Crippen LogP contribution in [0.2, 0.25) is 0 Å². The molecule has 4 unspecified atom stereocenters. The highest BCUT2D eigenvalue weighted by atomic mass is 127. The van der Waals surface area contributed by atoms with Crippen molar-refractivity contribution in [2.24, 2.45) is 28.6 Å². The number of Topliss-reactive ketones (excluding diaryl/α,β-unsaturated/α-hetero) is 1. The number of aliphatic hydroxyl groups excluding tert-OH is 2. The molecule has 12 atom stereocenters. The number of ketones is 2. The standard InChI is InChI=1S/C49H57F4IN4O11S/c1-24-9-12-34(67-23-27-7-6-8-29(17-27)58-43(65)26(3)57-42(64)25(2)56-38(63)14-16-55-44(66)35(70-54)21-48(51,52)53)41(50)39(24)45-68-37-19-32-31-11-10-28-18-30(60)13-15-46(28,4)40(31)33(61)20-47(32,5)49(37,69-45)36(62)22-59/h6-9,12-13,15,17-18,25-26,31-33,35,37,40,45,59,61H,10-11,14,16,19-23H2,1-5H3,(H,55,66)(H,56,63)(H,57,64)(H,58,65)/t25?,26?,31-,32-,33-,35?,37+,40+,45?,46-,47-,49+/m0/s1. The molecule has 3 saturated carbocycles. The Balaban J connectivity index is 0.949. The number of aliphatic hydroxyl groups is 2. The number of rotatable bonds is 17. The number of benzene rings is 2. The van der Waals surface area contributed by atoms with Crippen LogP contribution in [-0.2, 0) is 44.8 Å². The molecule has 2 aromatic carbocycles. The van der Waals surface area contributed by atoms with Gasteiger partial charge in [-0.25, -0.2) is 4.39 Å². The molecule has 1 aliphatic heterocycles. The summed E-state index contributed by atoms with van der Waals surface area (Å²) in [5.74, 6) is -4.89. The molecule has 0 spiro atoms. The number of hydrogen-bond acceptors (Lipinski definition) is 12. The fourth-order valence-corrected chi connectivity index (χ4v) is 13.3. The van der Waals surface area contributed by atoms with Crippen LogP contribution in [-0.4, -0.2) is 99.9 Å². The summed E-state index contributed by atoms with van der Waals surface area (Å²) in [6.07, 6.45) is -2.27. The van der Waals surface area contributed by atoms with E-state index in [1.807, 2.05) is 19.9 Å². The molecule has 4 aliphatic carbocycles. The molecular formula is C49H57F4IN4O11S. The first-order chi connectivity index (χ1) is 33.0. The molecule has 6 N–H and O–H groups in total. The van der Waals surface area contributed by atoms with E-state index in [0.29, 0.717) is 45.0 Å². The van der Waals surface area contributed by atoms with Crippen molar-refractivity contribution in [1.29, 1.82) is 0 Å². The molecule has 0 bridgehead atoms. The monoisotopic (exact) mass is 1110 g/mol. The van der Waals surface area contributed by atoms with E-state index in [2.05, 4.69) is 21.3 Å². The third-order valence-corrected chi connectivity index (χ3v) is 17.4. The Hall–Kier alpha value is -4.42. The van der Waals surface area contributed by atoms with E-state index in [9.17, 15) is 52.2 Å². The number of fused-ring (bicyclic) bond motifs is 7. The first-order valence-corrected chi connectivity index (χ1v) is 26.5. The third kappa shape index (κ3) is 10.4. The molecule has 1 saturated heterocycles. The van der Waals surface area contributed by atoms with Crippen LogP contribution in [0.3, 0.4) is 0 Å². The van der Waals surface area contributed by atoms with Crippen molar-refractivity contribution < 1.29 is 70.8 Å². The summed E-state index contributed by atoms with van der Waals surface area (Å²) in [7, 11) is 0.705. The second kappa shape index (κ2) is 21.0. The number of carbonyl (C=O) groups excluding carboxylic acids is 6. The zero-order chi connectivity index (χ0) is 51.1. The van der Waals surface area contributed by atoms with Gasteiger partial charge in [0, 0.05) is 35.4 Å². The van der Waals surface area contributed by atoms with Gasteiger partial charge in [-0.1, -0.05) is 52.6 Å². The number of carbonyl (C=O) groups is 6. The highest BCUT2D eigenvalue weighted by Gasteiger charge is 2.76. The van der Waals surface area contributed by atoms with Gasteiger partial charge in [-0.3, -0.25) is 28.8 Å². The van der Waals surface area contributed by atoms with Crippen LogP contribution in [0, 0.1) is 41.3 Å². The van der Waals surface area contributed by atoms with Crippen molar-refractivity contribution in [2.45, 2.75) is 127 Å². The van der Waals surface area contributed by atoms with Crippen molar-refractivity contribution in [3.05, 3.63) is 82.7 Å². The van der Waals surface area contributed by atoms with Gasteiger partial charge in [0.05, 0.1) is 24.2 Å². The fraction of sp³-hybridized carbons (Fsp3) is 0.551. The number of anilines is 1. The molecule has 4 amide bonds. The van der Waals surface area contributed by atoms with E-state index in [0.717, 1.165) is 5.57 Å². The van der Waals surface area contributed by atoms with Gasteiger partial charge in [-0.15, -0.1) is 0 Å². The molecule has 0 aromatic heterocycles. The maximum absolute atomic E-state index is 16.7. The molecule has 0 radical (unpaired) electrons. The predicted octanol–water partition coefficient (Wildman–Crippen LogP) is 6.17. The fourth-order valence-electron chi connectivity index (χ4n) is 11.6. The summed E-state index contributed by atoms with van der Waals surface area (Å²) < 4.78 is 74.1. The van der Waals surface area contributed by atoms with E-state index in [-0.39, 0.29) is 60.8 Å².